The zero-order valence-corrected chi connectivity index (χ0v) is 6.84. The van der Waals surface area contributed by atoms with Crippen molar-refractivity contribution in [2.45, 2.75) is 0 Å². The number of amides is 1. The van der Waals surface area contributed by atoms with E-state index in [1.165, 1.54) is 6.20 Å². The van der Waals surface area contributed by atoms with Gasteiger partial charge in [0.1, 0.15) is 5.82 Å². The lowest BCUT2D eigenvalue weighted by Gasteiger charge is -2.01. The molecule has 0 bridgehead atoms. The van der Waals surface area contributed by atoms with Crippen molar-refractivity contribution < 1.29 is 4.79 Å². The molecular formula is C5H8ClN5O. The predicted octanol–water partition coefficient (Wildman–Crippen LogP) is -0.447. The van der Waals surface area contributed by atoms with Crippen molar-refractivity contribution in [3.63, 3.8) is 0 Å². The van der Waals surface area contributed by atoms with Crippen molar-refractivity contribution in [1.29, 1.82) is 0 Å². The van der Waals surface area contributed by atoms with Crippen LogP contribution in [0.4, 0.5) is 11.8 Å². The van der Waals surface area contributed by atoms with Gasteiger partial charge in [-0.1, -0.05) is 0 Å². The van der Waals surface area contributed by atoms with Crippen molar-refractivity contribution in [2.75, 3.05) is 11.2 Å². The quantitative estimate of drug-likeness (QED) is 0.443. The third-order valence-electron chi connectivity index (χ3n) is 0.933. The second-order valence-corrected chi connectivity index (χ2v) is 1.69. The van der Waals surface area contributed by atoms with Crippen LogP contribution in [-0.2, 0) is 4.79 Å². The summed E-state index contributed by atoms with van der Waals surface area (Å²) in [6, 6.07) is 1.58. The van der Waals surface area contributed by atoms with Crippen LogP contribution >= 0.6 is 12.4 Å². The van der Waals surface area contributed by atoms with Gasteiger partial charge in [-0.25, -0.2) is 4.98 Å². The van der Waals surface area contributed by atoms with Gasteiger partial charge >= 0.3 is 0 Å². The van der Waals surface area contributed by atoms with Gasteiger partial charge in [0.05, 0.1) is 0 Å². The number of carbonyl (C=O) groups is 1. The molecule has 1 rings (SSSR count). The second-order valence-electron chi connectivity index (χ2n) is 1.69. The average Bonchev–Trinajstić information content (AvgIpc) is 2.01. The largest absolute Gasteiger partial charge is 0.368 e. The van der Waals surface area contributed by atoms with Crippen LogP contribution in [0.3, 0.4) is 0 Å². The molecule has 0 saturated heterocycles. The lowest BCUT2D eigenvalue weighted by molar-refractivity contribution is -0.109. The summed E-state index contributed by atoms with van der Waals surface area (Å²) >= 11 is 0. The Hall–Kier alpha value is -1.56. The fourth-order valence-electron chi connectivity index (χ4n) is 0.547. The van der Waals surface area contributed by atoms with Crippen LogP contribution in [0.15, 0.2) is 12.3 Å². The van der Waals surface area contributed by atoms with Crippen LogP contribution in [0.5, 0.6) is 0 Å². The van der Waals surface area contributed by atoms with Crippen LogP contribution in [0.2, 0.25) is 0 Å². The molecule has 7 heteroatoms. The third-order valence-corrected chi connectivity index (χ3v) is 0.933. The highest BCUT2D eigenvalue weighted by molar-refractivity contribution is 5.85. The molecule has 66 valence electrons. The molecule has 0 atom stereocenters. The monoisotopic (exact) mass is 189 g/mol. The first-order valence-corrected chi connectivity index (χ1v) is 2.86. The number of hydrogen-bond donors (Lipinski definition) is 3. The number of aromatic nitrogens is 2. The molecule has 0 fully saturated rings. The molecule has 0 radical (unpaired) electrons. The molecule has 12 heavy (non-hydrogen) atoms. The highest BCUT2D eigenvalue weighted by Crippen LogP contribution is 1.99. The van der Waals surface area contributed by atoms with Crippen LogP contribution in [0.1, 0.15) is 0 Å². The van der Waals surface area contributed by atoms with E-state index in [9.17, 15) is 4.79 Å². The number of nitrogen functional groups attached to an aromatic ring is 1. The van der Waals surface area contributed by atoms with Gasteiger partial charge in [-0.15, -0.1) is 12.4 Å². The van der Waals surface area contributed by atoms with Gasteiger partial charge in [0, 0.05) is 12.3 Å². The number of carbonyl (C=O) groups excluding carboxylic acids is 1. The molecule has 0 aromatic carbocycles. The Morgan fingerprint density at radius 1 is 1.58 bits per heavy atom. The number of rotatable bonds is 3. The van der Waals surface area contributed by atoms with Gasteiger partial charge < -0.3 is 5.73 Å². The van der Waals surface area contributed by atoms with Crippen molar-refractivity contribution >= 4 is 30.6 Å². The Kier molecular flexibility index (Phi) is 4.47. The van der Waals surface area contributed by atoms with Crippen LogP contribution in [-0.4, -0.2) is 16.4 Å². The zero-order valence-electron chi connectivity index (χ0n) is 6.02. The van der Waals surface area contributed by atoms with Crippen molar-refractivity contribution in [1.82, 2.24) is 15.4 Å². The maximum atomic E-state index is 9.81. The molecule has 4 N–H and O–H groups in total. The van der Waals surface area contributed by atoms with Crippen LogP contribution in [0, 0.1) is 0 Å². The Morgan fingerprint density at radius 3 is 2.92 bits per heavy atom. The topological polar surface area (TPSA) is 92.9 Å². The number of nitrogens with zero attached hydrogens (tertiary/aromatic N) is 2. The normalized spacial score (nSPS) is 8.00. The summed E-state index contributed by atoms with van der Waals surface area (Å²) in [5.41, 5.74) is 9.95. The van der Waals surface area contributed by atoms with Gasteiger partial charge in [-0.05, 0) is 0 Å². The van der Waals surface area contributed by atoms with E-state index in [1.807, 2.05) is 0 Å². The summed E-state index contributed by atoms with van der Waals surface area (Å²) in [7, 11) is 0. The number of hydrogen-bond acceptors (Lipinski definition) is 5. The lowest BCUT2D eigenvalue weighted by Crippen LogP contribution is -2.20. The molecule has 6 nitrogen and oxygen atoms in total. The molecule has 1 aromatic rings. The predicted molar refractivity (Wildman–Crippen MR) is 46.5 cm³/mol. The van der Waals surface area contributed by atoms with Gasteiger partial charge in [0.2, 0.25) is 12.4 Å². The van der Waals surface area contributed by atoms with E-state index in [-0.39, 0.29) is 18.4 Å². The summed E-state index contributed by atoms with van der Waals surface area (Å²) in [6.45, 7) is 0. The molecule has 1 aromatic heterocycles. The molecule has 0 saturated carbocycles. The first-order chi connectivity index (χ1) is 5.33. The third kappa shape index (κ3) is 3.02. The molecule has 0 unspecified atom stereocenters. The van der Waals surface area contributed by atoms with E-state index in [2.05, 4.69) is 20.8 Å². The van der Waals surface area contributed by atoms with E-state index < -0.39 is 0 Å². The minimum absolute atomic E-state index is 0. The standard InChI is InChI=1S/C5H7N5O.ClH/c6-5-7-2-1-4(9-5)10-8-3-11;/h1-3H,(H,8,11)(H3,6,7,9,10);1H. The lowest BCUT2D eigenvalue weighted by atomic mass is 10.6. The average molecular weight is 190 g/mol. The minimum Gasteiger partial charge on any atom is -0.368 e. The molecule has 1 amide bonds. The summed E-state index contributed by atoms with van der Waals surface area (Å²) in [5.74, 6) is 0.604. The summed E-state index contributed by atoms with van der Waals surface area (Å²) in [6.07, 6.45) is 1.98. The van der Waals surface area contributed by atoms with Crippen molar-refractivity contribution in [3.8, 4) is 0 Å². The molecular weight excluding hydrogens is 182 g/mol. The SMILES string of the molecule is Cl.Nc1nccc(NNC=O)n1. The Morgan fingerprint density at radius 2 is 2.33 bits per heavy atom. The van der Waals surface area contributed by atoms with E-state index in [0.717, 1.165) is 0 Å². The van der Waals surface area contributed by atoms with Gasteiger partial charge in [0.25, 0.3) is 0 Å². The maximum absolute atomic E-state index is 9.81. The smallest absolute Gasteiger partial charge is 0.225 e. The van der Waals surface area contributed by atoms with Gasteiger partial charge in [-0.3, -0.25) is 15.6 Å². The van der Waals surface area contributed by atoms with Crippen molar-refractivity contribution in [3.05, 3.63) is 12.3 Å². The number of nitrogens with one attached hydrogen (secondary N) is 2. The Labute approximate surface area is 75.0 Å². The van der Waals surface area contributed by atoms with Gasteiger partial charge in [0.15, 0.2) is 0 Å². The first-order valence-electron chi connectivity index (χ1n) is 2.86. The van der Waals surface area contributed by atoms with E-state index in [0.29, 0.717) is 12.2 Å². The molecule has 0 aliphatic carbocycles. The molecule has 0 aliphatic heterocycles. The Balaban J connectivity index is 0.00000121. The van der Waals surface area contributed by atoms with E-state index in [4.69, 9.17) is 5.73 Å². The second kappa shape index (κ2) is 5.14. The highest BCUT2D eigenvalue weighted by atomic mass is 35.5. The summed E-state index contributed by atoms with van der Waals surface area (Å²) in [4.78, 5) is 17.2. The first kappa shape index (κ1) is 10.4. The maximum Gasteiger partial charge on any atom is 0.225 e. The van der Waals surface area contributed by atoms with Crippen LogP contribution in [0.25, 0.3) is 0 Å². The molecule has 0 aliphatic rings. The fourth-order valence-corrected chi connectivity index (χ4v) is 0.547. The fraction of sp³-hybridized carbons (Fsp3) is 0. The molecule has 1 heterocycles. The van der Waals surface area contributed by atoms with Crippen LogP contribution < -0.4 is 16.6 Å². The minimum atomic E-state index is 0. The zero-order chi connectivity index (χ0) is 8.10. The number of hydrazine groups is 1. The van der Waals surface area contributed by atoms with E-state index in [1.54, 1.807) is 6.07 Å². The Bertz CT molecular complexity index is 255. The van der Waals surface area contributed by atoms with Crippen molar-refractivity contribution in [2.24, 2.45) is 0 Å². The summed E-state index contributed by atoms with van der Waals surface area (Å²) < 4.78 is 0. The van der Waals surface area contributed by atoms with Gasteiger partial charge in [-0.2, -0.15) is 4.98 Å². The molecule has 0 spiro atoms. The summed E-state index contributed by atoms with van der Waals surface area (Å²) in [5, 5.41) is 0. The number of nitrogens with two attached hydrogens (primary N) is 1. The highest BCUT2D eigenvalue weighted by Gasteiger charge is 1.91. The number of halogens is 1. The van der Waals surface area contributed by atoms with E-state index >= 15 is 0 Å². The number of anilines is 2.